The van der Waals surface area contributed by atoms with E-state index in [1.807, 2.05) is 32.0 Å². The number of aromatic nitrogens is 1. The number of para-hydroxylation sites is 1. The number of rotatable bonds is 2. The van der Waals surface area contributed by atoms with E-state index >= 15 is 0 Å². The lowest BCUT2D eigenvalue weighted by molar-refractivity contribution is 0.593. The number of hydrogen-bond donors (Lipinski definition) is 1. The molecular weight excluding hydrogens is 270 g/mol. The fraction of sp³-hybridized carbons (Fsp3) is 0.125. The van der Waals surface area contributed by atoms with Gasteiger partial charge in [-0.2, -0.15) is 0 Å². The van der Waals surface area contributed by atoms with Gasteiger partial charge in [0.25, 0.3) is 0 Å². The molecule has 0 spiro atoms. The highest BCUT2D eigenvalue weighted by Crippen LogP contribution is 2.26. The van der Waals surface area contributed by atoms with Crippen LogP contribution in [0.3, 0.4) is 0 Å². The molecule has 0 unspecified atom stereocenters. The quantitative estimate of drug-likeness (QED) is 0.782. The van der Waals surface area contributed by atoms with Crippen molar-refractivity contribution in [2.24, 2.45) is 0 Å². The Balaban J connectivity index is 2.18. The third kappa shape index (κ3) is 2.02. The van der Waals surface area contributed by atoms with Crippen molar-refractivity contribution in [2.75, 3.05) is 0 Å². The summed E-state index contributed by atoms with van der Waals surface area (Å²) in [5.41, 5.74) is 2.95. The van der Waals surface area contributed by atoms with Crippen LogP contribution in [0.25, 0.3) is 10.9 Å². The highest BCUT2D eigenvalue weighted by Gasteiger charge is 2.20. The summed E-state index contributed by atoms with van der Waals surface area (Å²) in [5.74, 6) is 0. The molecule has 2 aromatic carbocycles. The topological polar surface area (TPSA) is 49.9 Å². The zero-order valence-corrected chi connectivity index (χ0v) is 12.2. The summed E-state index contributed by atoms with van der Waals surface area (Å²) in [6, 6.07) is 14.4. The van der Waals surface area contributed by atoms with E-state index < -0.39 is 9.84 Å². The highest BCUT2D eigenvalue weighted by atomic mass is 32.2. The van der Waals surface area contributed by atoms with Gasteiger partial charge in [0.05, 0.1) is 4.90 Å². The highest BCUT2D eigenvalue weighted by molar-refractivity contribution is 7.91. The molecule has 3 aromatic rings. The van der Waals surface area contributed by atoms with Gasteiger partial charge in [-0.15, -0.1) is 0 Å². The van der Waals surface area contributed by atoms with Crippen molar-refractivity contribution in [1.82, 2.24) is 4.98 Å². The molecule has 0 saturated heterocycles. The maximum Gasteiger partial charge on any atom is 0.221 e. The van der Waals surface area contributed by atoms with Crippen molar-refractivity contribution in [3.8, 4) is 0 Å². The molecule has 0 radical (unpaired) electrons. The van der Waals surface area contributed by atoms with E-state index in [2.05, 4.69) is 4.98 Å². The first kappa shape index (κ1) is 12.9. The van der Waals surface area contributed by atoms with Gasteiger partial charge in [-0.1, -0.05) is 35.9 Å². The number of aromatic amines is 1. The van der Waals surface area contributed by atoms with Crippen molar-refractivity contribution in [1.29, 1.82) is 0 Å². The number of aryl methyl sites for hydroxylation is 2. The summed E-state index contributed by atoms with van der Waals surface area (Å²) < 4.78 is 25.2. The molecule has 1 aromatic heterocycles. The molecule has 0 saturated carbocycles. The van der Waals surface area contributed by atoms with Crippen molar-refractivity contribution in [2.45, 2.75) is 23.8 Å². The first-order valence-electron chi connectivity index (χ1n) is 6.38. The fourth-order valence-corrected chi connectivity index (χ4v) is 3.54. The van der Waals surface area contributed by atoms with Crippen molar-refractivity contribution in [3.05, 3.63) is 59.7 Å². The lowest BCUT2D eigenvalue weighted by Gasteiger charge is -2.02. The van der Waals surface area contributed by atoms with Crippen molar-refractivity contribution >= 4 is 20.7 Å². The van der Waals surface area contributed by atoms with Crippen LogP contribution in [0.2, 0.25) is 0 Å². The largest absolute Gasteiger partial charge is 0.345 e. The lowest BCUT2D eigenvalue weighted by atomic mass is 10.2. The minimum absolute atomic E-state index is 0.241. The second-order valence-corrected chi connectivity index (χ2v) is 6.91. The average molecular weight is 285 g/mol. The summed E-state index contributed by atoms with van der Waals surface area (Å²) >= 11 is 0. The normalized spacial score (nSPS) is 11.9. The van der Waals surface area contributed by atoms with E-state index in [0.717, 1.165) is 22.0 Å². The third-order valence-electron chi connectivity index (χ3n) is 3.46. The smallest absolute Gasteiger partial charge is 0.221 e. The second-order valence-electron chi connectivity index (χ2n) is 4.99. The SMILES string of the molecule is Cc1ccc(S(=O)(=O)c2cc3cccc(C)c3[nH]2)cc1. The Morgan fingerprint density at radius 1 is 0.950 bits per heavy atom. The van der Waals surface area contributed by atoms with E-state index in [1.165, 1.54) is 0 Å². The first-order valence-corrected chi connectivity index (χ1v) is 7.87. The van der Waals surface area contributed by atoms with Crippen LogP contribution in [0.1, 0.15) is 11.1 Å². The number of fused-ring (bicyclic) bond motifs is 1. The van der Waals surface area contributed by atoms with Crippen LogP contribution < -0.4 is 0 Å². The standard InChI is InChI=1S/C16H15NO2S/c1-11-6-8-14(9-7-11)20(18,19)15-10-13-5-3-4-12(2)16(13)17-15/h3-10,17H,1-2H3. The van der Waals surface area contributed by atoms with E-state index in [4.69, 9.17) is 0 Å². The molecule has 0 aliphatic heterocycles. The van der Waals surface area contributed by atoms with E-state index in [0.29, 0.717) is 4.90 Å². The maximum atomic E-state index is 12.6. The van der Waals surface area contributed by atoms with Crippen LogP contribution in [0.15, 0.2) is 58.5 Å². The second kappa shape index (κ2) is 4.49. The summed E-state index contributed by atoms with van der Waals surface area (Å²) in [7, 11) is -3.49. The molecule has 0 fully saturated rings. The zero-order chi connectivity index (χ0) is 14.3. The molecule has 3 nitrogen and oxygen atoms in total. The zero-order valence-electron chi connectivity index (χ0n) is 11.3. The molecule has 1 heterocycles. The Morgan fingerprint density at radius 3 is 2.30 bits per heavy atom. The van der Waals surface area contributed by atoms with Gasteiger partial charge in [0.1, 0.15) is 5.03 Å². The number of benzene rings is 2. The molecule has 3 rings (SSSR count). The average Bonchev–Trinajstić information content (AvgIpc) is 2.85. The summed E-state index contributed by atoms with van der Waals surface area (Å²) in [5, 5.41) is 1.15. The van der Waals surface area contributed by atoms with Gasteiger partial charge in [0.2, 0.25) is 9.84 Å². The summed E-state index contributed by atoms with van der Waals surface area (Å²) in [6.07, 6.45) is 0. The van der Waals surface area contributed by atoms with Gasteiger partial charge in [0.15, 0.2) is 0 Å². The predicted octanol–water partition coefficient (Wildman–Crippen LogP) is 3.62. The molecule has 0 atom stereocenters. The van der Waals surface area contributed by atoms with Gasteiger partial charge in [-0.3, -0.25) is 0 Å². The number of hydrogen-bond acceptors (Lipinski definition) is 2. The molecule has 20 heavy (non-hydrogen) atoms. The van der Waals surface area contributed by atoms with Crippen LogP contribution >= 0.6 is 0 Å². The van der Waals surface area contributed by atoms with E-state index in [9.17, 15) is 8.42 Å². The molecule has 1 N–H and O–H groups in total. The van der Waals surface area contributed by atoms with Crippen LogP contribution in [0.5, 0.6) is 0 Å². The minimum atomic E-state index is -3.49. The number of sulfone groups is 1. The molecule has 0 bridgehead atoms. The molecule has 0 aliphatic carbocycles. The van der Waals surface area contributed by atoms with Gasteiger partial charge in [0, 0.05) is 10.9 Å². The monoisotopic (exact) mass is 285 g/mol. The maximum absolute atomic E-state index is 12.6. The Labute approximate surface area is 118 Å². The van der Waals surface area contributed by atoms with Crippen LogP contribution in [0, 0.1) is 13.8 Å². The van der Waals surface area contributed by atoms with Crippen LogP contribution in [-0.2, 0) is 9.84 Å². The fourth-order valence-electron chi connectivity index (χ4n) is 2.27. The number of H-pyrrole nitrogens is 1. The van der Waals surface area contributed by atoms with Gasteiger partial charge in [-0.25, -0.2) is 8.42 Å². The van der Waals surface area contributed by atoms with Crippen LogP contribution in [0.4, 0.5) is 0 Å². The molecule has 0 aliphatic rings. The molecule has 102 valence electrons. The number of nitrogens with one attached hydrogen (secondary N) is 1. The molecule has 0 amide bonds. The molecule has 4 heteroatoms. The predicted molar refractivity (Wildman–Crippen MR) is 79.7 cm³/mol. The third-order valence-corrected chi connectivity index (χ3v) is 5.15. The Hall–Kier alpha value is -2.07. The minimum Gasteiger partial charge on any atom is -0.345 e. The van der Waals surface area contributed by atoms with Gasteiger partial charge >= 0.3 is 0 Å². The lowest BCUT2D eigenvalue weighted by Crippen LogP contribution is -2.02. The van der Waals surface area contributed by atoms with Crippen LogP contribution in [-0.4, -0.2) is 13.4 Å². The van der Waals surface area contributed by atoms with Gasteiger partial charge < -0.3 is 4.98 Å². The Bertz CT molecular complexity index is 874. The van der Waals surface area contributed by atoms with E-state index in [-0.39, 0.29) is 5.03 Å². The Morgan fingerprint density at radius 2 is 1.65 bits per heavy atom. The van der Waals surface area contributed by atoms with Gasteiger partial charge in [-0.05, 0) is 37.6 Å². The Kier molecular flexibility index (Phi) is 2.91. The summed E-state index contributed by atoms with van der Waals surface area (Å²) in [6.45, 7) is 3.89. The first-order chi connectivity index (χ1) is 9.48. The van der Waals surface area contributed by atoms with Crippen molar-refractivity contribution < 1.29 is 8.42 Å². The molecular formula is C16H15NO2S. The summed E-state index contributed by atoms with van der Waals surface area (Å²) in [4.78, 5) is 3.34. The van der Waals surface area contributed by atoms with E-state index in [1.54, 1.807) is 30.3 Å². The van der Waals surface area contributed by atoms with Crippen molar-refractivity contribution in [3.63, 3.8) is 0 Å².